The number of unbranched alkanes of at least 4 members (excludes halogenated alkanes) is 1. The molecule has 2 saturated heterocycles. The third-order valence-electron chi connectivity index (χ3n) is 5.58. The number of ether oxygens (including phenoxy) is 1. The molecule has 1 aromatic heterocycles. The number of aromatic nitrogens is 1. The van der Waals surface area contributed by atoms with Gasteiger partial charge in [-0.3, -0.25) is 9.69 Å². The van der Waals surface area contributed by atoms with Gasteiger partial charge in [0.2, 0.25) is 5.91 Å². The first-order valence-electron chi connectivity index (χ1n) is 10.8. The Bertz CT molecular complexity index is 688. The maximum Gasteiger partial charge on any atom is 0.339 e. The molecule has 0 aliphatic carbocycles. The quantitative estimate of drug-likeness (QED) is 0.460. The number of anilines is 1. The lowest BCUT2D eigenvalue weighted by molar-refractivity contribution is -0.131. The van der Waals surface area contributed by atoms with Crippen molar-refractivity contribution in [3.8, 4) is 0 Å². The number of esters is 1. The maximum atomic E-state index is 12.2. The normalized spacial score (nSPS) is 18.5. The minimum atomic E-state index is -0.357. The van der Waals surface area contributed by atoms with Crippen molar-refractivity contribution < 1.29 is 14.3 Å². The Hall–Kier alpha value is -1.84. The van der Waals surface area contributed by atoms with Gasteiger partial charge in [0, 0.05) is 44.7 Å². The van der Waals surface area contributed by atoms with E-state index in [9.17, 15) is 9.59 Å². The van der Waals surface area contributed by atoms with E-state index in [0.717, 1.165) is 76.0 Å². The highest BCUT2D eigenvalue weighted by Crippen LogP contribution is 2.17. The first kappa shape index (κ1) is 22.8. The zero-order valence-corrected chi connectivity index (χ0v) is 18.6. The van der Waals surface area contributed by atoms with Crippen LogP contribution in [0.15, 0.2) is 18.3 Å². The third-order valence-corrected chi connectivity index (χ3v) is 6.54. The average Bonchev–Trinajstić information content (AvgIpc) is 3.32. The SMILES string of the molecule is CCOC(=O)c1ccc(N2CCN(CCCC[C@H](N)C(=O)N3CCSC3)CC2)nc1. The average molecular weight is 436 g/mol. The maximum absolute atomic E-state index is 12.2. The van der Waals surface area contributed by atoms with Crippen LogP contribution in [0.1, 0.15) is 36.5 Å². The smallest absolute Gasteiger partial charge is 0.339 e. The van der Waals surface area contributed by atoms with Gasteiger partial charge in [-0.2, -0.15) is 0 Å². The van der Waals surface area contributed by atoms with Gasteiger partial charge in [-0.1, -0.05) is 6.42 Å². The molecule has 3 rings (SSSR count). The van der Waals surface area contributed by atoms with Crippen molar-refractivity contribution in [3.05, 3.63) is 23.9 Å². The fraction of sp³-hybridized carbons (Fsp3) is 0.667. The van der Waals surface area contributed by atoms with Gasteiger partial charge in [-0.25, -0.2) is 9.78 Å². The highest BCUT2D eigenvalue weighted by Gasteiger charge is 2.24. The van der Waals surface area contributed by atoms with Crippen molar-refractivity contribution in [2.75, 3.05) is 62.4 Å². The molecule has 9 heteroatoms. The lowest BCUT2D eigenvalue weighted by atomic mass is 10.1. The summed E-state index contributed by atoms with van der Waals surface area (Å²) in [6.07, 6.45) is 4.38. The van der Waals surface area contributed by atoms with Crippen LogP contribution in [0.5, 0.6) is 0 Å². The standard InChI is InChI=1S/C21H33N5O3S/c1-2-29-21(28)17-6-7-19(23-15-17)25-11-9-24(10-12-25)8-4-3-5-18(22)20(27)26-13-14-30-16-26/h6-7,15,18H,2-5,8-14,16,22H2,1H3/t18-/m0/s1. The molecule has 166 valence electrons. The van der Waals surface area contributed by atoms with Crippen LogP contribution in [0.2, 0.25) is 0 Å². The van der Waals surface area contributed by atoms with Crippen LogP contribution < -0.4 is 10.6 Å². The van der Waals surface area contributed by atoms with Crippen molar-refractivity contribution in [3.63, 3.8) is 0 Å². The highest BCUT2D eigenvalue weighted by molar-refractivity contribution is 7.99. The lowest BCUT2D eigenvalue weighted by Gasteiger charge is -2.35. The van der Waals surface area contributed by atoms with Crippen molar-refractivity contribution in [2.45, 2.75) is 32.2 Å². The van der Waals surface area contributed by atoms with Crippen molar-refractivity contribution >= 4 is 29.5 Å². The van der Waals surface area contributed by atoms with Gasteiger partial charge in [-0.15, -0.1) is 11.8 Å². The number of carbonyl (C=O) groups excluding carboxylic acids is 2. The van der Waals surface area contributed by atoms with Crippen LogP contribution in [0.4, 0.5) is 5.82 Å². The molecular weight excluding hydrogens is 402 g/mol. The molecule has 1 amide bonds. The number of piperazine rings is 1. The van der Waals surface area contributed by atoms with Gasteiger partial charge in [0.15, 0.2) is 0 Å². The van der Waals surface area contributed by atoms with Gasteiger partial charge >= 0.3 is 5.97 Å². The second-order valence-corrected chi connectivity index (χ2v) is 8.77. The van der Waals surface area contributed by atoms with E-state index >= 15 is 0 Å². The summed E-state index contributed by atoms with van der Waals surface area (Å²) in [7, 11) is 0. The van der Waals surface area contributed by atoms with Gasteiger partial charge in [0.1, 0.15) is 5.82 Å². The van der Waals surface area contributed by atoms with E-state index in [-0.39, 0.29) is 17.9 Å². The van der Waals surface area contributed by atoms with E-state index in [1.54, 1.807) is 30.9 Å². The molecule has 2 fully saturated rings. The molecule has 2 aliphatic heterocycles. The lowest BCUT2D eigenvalue weighted by Crippen LogP contribution is -2.47. The predicted molar refractivity (Wildman–Crippen MR) is 120 cm³/mol. The van der Waals surface area contributed by atoms with Gasteiger partial charge in [-0.05, 0) is 38.4 Å². The molecule has 8 nitrogen and oxygen atoms in total. The Morgan fingerprint density at radius 2 is 2.00 bits per heavy atom. The third kappa shape index (κ3) is 6.33. The van der Waals surface area contributed by atoms with Gasteiger partial charge in [0.05, 0.1) is 24.1 Å². The van der Waals surface area contributed by atoms with E-state index < -0.39 is 0 Å². The number of thioether (sulfide) groups is 1. The zero-order valence-electron chi connectivity index (χ0n) is 17.8. The molecule has 0 spiro atoms. The van der Waals surface area contributed by atoms with Crippen molar-refractivity contribution in [2.24, 2.45) is 5.73 Å². The summed E-state index contributed by atoms with van der Waals surface area (Å²) in [4.78, 5) is 35.0. The molecule has 2 aliphatic rings. The number of amides is 1. The molecule has 1 aromatic rings. The summed E-state index contributed by atoms with van der Waals surface area (Å²) < 4.78 is 5.00. The van der Waals surface area contributed by atoms with Crippen molar-refractivity contribution in [1.29, 1.82) is 0 Å². The Kier molecular flexibility index (Phi) is 8.77. The summed E-state index contributed by atoms with van der Waals surface area (Å²) in [6.45, 7) is 7.82. The van der Waals surface area contributed by atoms with Crippen LogP contribution in [0.25, 0.3) is 0 Å². The molecule has 2 N–H and O–H groups in total. The first-order valence-corrected chi connectivity index (χ1v) is 12.0. The molecule has 1 atom stereocenters. The van der Waals surface area contributed by atoms with Gasteiger partial charge in [0.25, 0.3) is 0 Å². The van der Waals surface area contributed by atoms with Crippen LogP contribution in [0.3, 0.4) is 0 Å². The molecule has 3 heterocycles. The molecular formula is C21H33N5O3S. The van der Waals surface area contributed by atoms with E-state index in [2.05, 4.69) is 14.8 Å². The monoisotopic (exact) mass is 435 g/mol. The van der Waals surface area contributed by atoms with Crippen LogP contribution >= 0.6 is 11.8 Å². The molecule has 0 unspecified atom stereocenters. The Labute approximate surface area is 183 Å². The molecule has 0 bridgehead atoms. The zero-order chi connectivity index (χ0) is 21.3. The number of pyridine rings is 1. The van der Waals surface area contributed by atoms with Crippen LogP contribution in [-0.2, 0) is 9.53 Å². The first-order chi connectivity index (χ1) is 14.6. The summed E-state index contributed by atoms with van der Waals surface area (Å²) in [6, 6.07) is 3.31. The minimum Gasteiger partial charge on any atom is -0.462 e. The Morgan fingerprint density at radius 1 is 1.20 bits per heavy atom. The number of carbonyl (C=O) groups is 2. The van der Waals surface area contributed by atoms with Crippen LogP contribution in [0, 0.1) is 0 Å². The van der Waals surface area contributed by atoms with Crippen LogP contribution in [-0.4, -0.2) is 90.2 Å². The van der Waals surface area contributed by atoms with E-state index in [1.165, 1.54) is 0 Å². The molecule has 0 saturated carbocycles. The van der Waals surface area contributed by atoms with Gasteiger partial charge < -0.3 is 20.3 Å². The summed E-state index contributed by atoms with van der Waals surface area (Å²) in [5.41, 5.74) is 6.57. The fourth-order valence-electron chi connectivity index (χ4n) is 3.75. The Morgan fingerprint density at radius 3 is 2.63 bits per heavy atom. The number of hydrogen-bond acceptors (Lipinski definition) is 8. The number of nitrogens with zero attached hydrogens (tertiary/aromatic N) is 4. The van der Waals surface area contributed by atoms with E-state index in [0.29, 0.717) is 12.2 Å². The molecule has 0 aromatic carbocycles. The summed E-state index contributed by atoms with van der Waals surface area (Å²) >= 11 is 1.79. The summed E-state index contributed by atoms with van der Waals surface area (Å²) in [5, 5.41) is 0. The number of nitrogens with two attached hydrogens (primary N) is 1. The van der Waals surface area contributed by atoms with Crippen molar-refractivity contribution in [1.82, 2.24) is 14.8 Å². The number of rotatable bonds is 9. The number of hydrogen-bond donors (Lipinski definition) is 1. The van der Waals surface area contributed by atoms with E-state index in [1.807, 2.05) is 11.0 Å². The fourth-order valence-corrected chi connectivity index (χ4v) is 4.71. The molecule has 30 heavy (non-hydrogen) atoms. The predicted octanol–water partition coefficient (Wildman–Crippen LogP) is 1.41. The second-order valence-electron chi connectivity index (χ2n) is 7.70. The molecule has 0 radical (unpaired) electrons. The second kappa shape index (κ2) is 11.5. The Balaban J connectivity index is 1.32. The minimum absolute atomic E-state index is 0.107. The highest BCUT2D eigenvalue weighted by atomic mass is 32.2. The summed E-state index contributed by atoms with van der Waals surface area (Å²) in [5.74, 6) is 2.48. The largest absolute Gasteiger partial charge is 0.462 e. The topological polar surface area (TPSA) is 92.0 Å². The van der Waals surface area contributed by atoms with E-state index in [4.69, 9.17) is 10.5 Å².